The van der Waals surface area contributed by atoms with Gasteiger partial charge in [-0.05, 0) is 17.7 Å². The van der Waals surface area contributed by atoms with Crippen LogP contribution >= 0.6 is 0 Å². The maximum Gasteiger partial charge on any atom is 0.153 e. The lowest BCUT2D eigenvalue weighted by atomic mass is 10.0. The molecule has 4 nitrogen and oxygen atoms in total. The zero-order valence-electron chi connectivity index (χ0n) is 8.30. The van der Waals surface area contributed by atoms with Gasteiger partial charge in [0.1, 0.15) is 11.9 Å². The molecule has 0 bridgehead atoms. The van der Waals surface area contributed by atoms with Gasteiger partial charge in [0.2, 0.25) is 0 Å². The molecular formula is C11H10FNO3. The lowest BCUT2D eigenvalue weighted by Gasteiger charge is -2.15. The van der Waals surface area contributed by atoms with Crippen molar-refractivity contribution in [3.63, 3.8) is 0 Å². The van der Waals surface area contributed by atoms with Gasteiger partial charge in [-0.25, -0.2) is 4.39 Å². The van der Waals surface area contributed by atoms with Crippen LogP contribution in [-0.4, -0.2) is 22.6 Å². The lowest BCUT2D eigenvalue weighted by Crippen LogP contribution is -2.17. The summed E-state index contributed by atoms with van der Waals surface area (Å²) in [5, 5.41) is 27.3. The number of nitrogens with zero attached hydrogens (tertiary/aromatic N) is 1. The molecule has 2 atom stereocenters. The number of aldehydes is 1. The predicted octanol–water partition coefficient (Wildman–Crippen LogP) is 0.946. The van der Waals surface area contributed by atoms with E-state index in [4.69, 9.17) is 5.26 Å². The number of nitriles is 1. The summed E-state index contributed by atoms with van der Waals surface area (Å²) in [6.45, 7) is 0. The SMILES string of the molecule is N#CCC(O)C(O)c1ccc(F)c(C=O)c1. The standard InChI is InChI=1S/C11H10FNO3/c12-9-2-1-7(5-8(9)6-14)11(16)10(15)3-4-13/h1-2,5-6,10-11,15-16H,3H2. The highest BCUT2D eigenvalue weighted by Gasteiger charge is 2.19. The van der Waals surface area contributed by atoms with E-state index in [1.165, 1.54) is 6.07 Å². The van der Waals surface area contributed by atoms with E-state index in [2.05, 4.69) is 0 Å². The third-order valence-electron chi connectivity index (χ3n) is 2.15. The molecule has 1 aromatic carbocycles. The van der Waals surface area contributed by atoms with E-state index in [1.54, 1.807) is 6.07 Å². The molecule has 2 N–H and O–H groups in total. The molecule has 0 saturated heterocycles. The van der Waals surface area contributed by atoms with Gasteiger partial charge in [0, 0.05) is 0 Å². The Morgan fingerprint density at radius 2 is 2.19 bits per heavy atom. The maximum atomic E-state index is 13.0. The topological polar surface area (TPSA) is 81.3 Å². The van der Waals surface area contributed by atoms with Gasteiger partial charge in [0.15, 0.2) is 6.29 Å². The Labute approximate surface area is 91.6 Å². The summed E-state index contributed by atoms with van der Waals surface area (Å²) in [7, 11) is 0. The van der Waals surface area contributed by atoms with Gasteiger partial charge in [-0.1, -0.05) is 6.07 Å². The molecule has 0 fully saturated rings. The van der Waals surface area contributed by atoms with Gasteiger partial charge in [-0.2, -0.15) is 5.26 Å². The number of hydrogen-bond acceptors (Lipinski definition) is 4. The van der Waals surface area contributed by atoms with Crippen molar-refractivity contribution in [2.45, 2.75) is 18.6 Å². The van der Waals surface area contributed by atoms with Crippen LogP contribution in [0.1, 0.15) is 28.4 Å². The number of carbonyl (C=O) groups excluding carboxylic acids is 1. The molecule has 1 rings (SSSR count). The summed E-state index contributed by atoms with van der Waals surface area (Å²) in [4.78, 5) is 10.5. The quantitative estimate of drug-likeness (QED) is 0.744. The molecule has 0 aliphatic rings. The summed E-state index contributed by atoms with van der Waals surface area (Å²) in [6, 6.07) is 5.14. The Bertz CT molecular complexity index is 428. The zero-order valence-corrected chi connectivity index (χ0v) is 8.30. The van der Waals surface area contributed by atoms with Crippen LogP contribution in [0.5, 0.6) is 0 Å². The van der Waals surface area contributed by atoms with Crippen molar-refractivity contribution in [1.29, 1.82) is 5.26 Å². The Morgan fingerprint density at radius 1 is 1.50 bits per heavy atom. The normalized spacial score (nSPS) is 13.9. The molecule has 0 spiro atoms. The Morgan fingerprint density at radius 3 is 2.75 bits per heavy atom. The Hall–Kier alpha value is -1.77. The van der Waals surface area contributed by atoms with Crippen LogP contribution in [0, 0.1) is 17.1 Å². The highest BCUT2D eigenvalue weighted by molar-refractivity contribution is 5.75. The number of halogens is 1. The summed E-state index contributed by atoms with van der Waals surface area (Å²) in [5.74, 6) is -0.694. The van der Waals surface area contributed by atoms with Gasteiger partial charge in [0.05, 0.1) is 24.2 Å². The number of benzene rings is 1. The van der Waals surface area contributed by atoms with Crippen molar-refractivity contribution in [3.8, 4) is 6.07 Å². The molecule has 84 valence electrons. The highest BCUT2D eigenvalue weighted by atomic mass is 19.1. The Balaban J connectivity index is 2.96. The average Bonchev–Trinajstić information content (AvgIpc) is 2.29. The smallest absolute Gasteiger partial charge is 0.153 e. The van der Waals surface area contributed by atoms with Crippen molar-refractivity contribution in [2.75, 3.05) is 0 Å². The molecule has 0 aliphatic heterocycles. The van der Waals surface area contributed by atoms with Gasteiger partial charge >= 0.3 is 0 Å². The first-order valence-electron chi connectivity index (χ1n) is 4.58. The van der Waals surface area contributed by atoms with Crippen LogP contribution in [0.3, 0.4) is 0 Å². The predicted molar refractivity (Wildman–Crippen MR) is 53.0 cm³/mol. The van der Waals surface area contributed by atoms with Crippen LogP contribution in [0.15, 0.2) is 18.2 Å². The largest absolute Gasteiger partial charge is 0.389 e. The second-order valence-electron chi connectivity index (χ2n) is 3.27. The summed E-state index contributed by atoms with van der Waals surface area (Å²) in [5.41, 5.74) is 0.00644. The van der Waals surface area contributed by atoms with Crippen LogP contribution in [0.4, 0.5) is 4.39 Å². The second-order valence-corrected chi connectivity index (χ2v) is 3.27. The minimum atomic E-state index is -1.31. The number of rotatable bonds is 4. The van der Waals surface area contributed by atoms with Gasteiger partial charge in [-0.3, -0.25) is 4.79 Å². The van der Waals surface area contributed by atoms with Crippen molar-refractivity contribution in [3.05, 3.63) is 35.1 Å². The van der Waals surface area contributed by atoms with Crippen LogP contribution in [0.25, 0.3) is 0 Å². The molecule has 2 unspecified atom stereocenters. The van der Waals surface area contributed by atoms with E-state index < -0.39 is 18.0 Å². The summed E-state index contributed by atoms with van der Waals surface area (Å²) >= 11 is 0. The fourth-order valence-corrected chi connectivity index (χ4v) is 1.26. The first kappa shape index (κ1) is 12.3. The molecule has 0 amide bonds. The molecule has 16 heavy (non-hydrogen) atoms. The molecule has 0 radical (unpaired) electrons. The molecule has 0 saturated carbocycles. The van der Waals surface area contributed by atoms with E-state index in [0.717, 1.165) is 12.1 Å². The van der Waals surface area contributed by atoms with Crippen molar-refractivity contribution in [2.24, 2.45) is 0 Å². The van der Waals surface area contributed by atoms with Crippen molar-refractivity contribution < 1.29 is 19.4 Å². The van der Waals surface area contributed by atoms with Gasteiger partial charge < -0.3 is 10.2 Å². The average molecular weight is 223 g/mol. The zero-order chi connectivity index (χ0) is 12.1. The third-order valence-corrected chi connectivity index (χ3v) is 2.15. The number of aliphatic hydroxyl groups excluding tert-OH is 2. The van der Waals surface area contributed by atoms with E-state index in [0.29, 0.717) is 6.29 Å². The van der Waals surface area contributed by atoms with E-state index in [-0.39, 0.29) is 17.5 Å². The number of hydrogen-bond donors (Lipinski definition) is 2. The van der Waals surface area contributed by atoms with Crippen LogP contribution < -0.4 is 0 Å². The molecule has 5 heteroatoms. The number of carbonyl (C=O) groups is 1. The molecule has 0 aliphatic carbocycles. The fraction of sp³-hybridized carbons (Fsp3) is 0.273. The van der Waals surface area contributed by atoms with Gasteiger partial charge in [-0.15, -0.1) is 0 Å². The fourth-order valence-electron chi connectivity index (χ4n) is 1.26. The minimum Gasteiger partial charge on any atom is -0.389 e. The number of aliphatic hydroxyl groups is 2. The van der Waals surface area contributed by atoms with Crippen LogP contribution in [0.2, 0.25) is 0 Å². The Kier molecular flexibility index (Phi) is 4.11. The minimum absolute atomic E-state index is 0.194. The summed E-state index contributed by atoms with van der Waals surface area (Å²) < 4.78 is 13.0. The second kappa shape index (κ2) is 5.35. The highest BCUT2D eigenvalue weighted by Crippen LogP contribution is 2.20. The van der Waals surface area contributed by atoms with Gasteiger partial charge in [0.25, 0.3) is 0 Å². The van der Waals surface area contributed by atoms with E-state index >= 15 is 0 Å². The van der Waals surface area contributed by atoms with E-state index in [9.17, 15) is 19.4 Å². The monoisotopic (exact) mass is 223 g/mol. The lowest BCUT2D eigenvalue weighted by molar-refractivity contribution is 0.0215. The third kappa shape index (κ3) is 2.63. The first-order valence-corrected chi connectivity index (χ1v) is 4.58. The van der Waals surface area contributed by atoms with Crippen molar-refractivity contribution >= 4 is 6.29 Å². The molecule has 1 aromatic rings. The molecular weight excluding hydrogens is 213 g/mol. The van der Waals surface area contributed by atoms with Crippen LogP contribution in [-0.2, 0) is 0 Å². The molecule has 0 aromatic heterocycles. The first-order chi connectivity index (χ1) is 7.60. The summed E-state index contributed by atoms with van der Waals surface area (Å²) in [6.07, 6.45) is -2.48. The molecule has 0 heterocycles. The van der Waals surface area contributed by atoms with E-state index in [1.807, 2.05) is 0 Å². The van der Waals surface area contributed by atoms with Crippen molar-refractivity contribution in [1.82, 2.24) is 0 Å². The maximum absolute atomic E-state index is 13.0.